The molecular formula is C17H16F5N5O2S. The molecule has 0 aromatic carbocycles. The van der Waals surface area contributed by atoms with E-state index in [1.54, 1.807) is 7.05 Å². The van der Waals surface area contributed by atoms with Crippen molar-refractivity contribution in [2.24, 2.45) is 0 Å². The van der Waals surface area contributed by atoms with Gasteiger partial charge in [0, 0.05) is 12.4 Å². The van der Waals surface area contributed by atoms with E-state index in [0.717, 1.165) is 12.4 Å². The highest BCUT2D eigenvalue weighted by atomic mass is 32.2. The fourth-order valence-electron chi connectivity index (χ4n) is 2.69. The molecular weight excluding hydrogens is 433 g/mol. The van der Waals surface area contributed by atoms with Gasteiger partial charge < -0.3 is 5.32 Å². The predicted molar refractivity (Wildman–Crippen MR) is 99.0 cm³/mol. The van der Waals surface area contributed by atoms with Crippen molar-refractivity contribution in [1.29, 1.82) is 0 Å². The van der Waals surface area contributed by atoms with E-state index in [2.05, 4.69) is 20.4 Å². The first kappa shape index (κ1) is 21.9. The molecule has 162 valence electrons. The molecule has 30 heavy (non-hydrogen) atoms. The average Bonchev–Trinajstić information content (AvgIpc) is 3.08. The number of alkyl halides is 5. The topological polar surface area (TPSA) is 89.8 Å². The Morgan fingerprint density at radius 1 is 1.13 bits per heavy atom. The van der Waals surface area contributed by atoms with E-state index < -0.39 is 28.5 Å². The molecule has 0 aliphatic carbocycles. The number of sulfone groups is 1. The molecule has 3 aromatic heterocycles. The van der Waals surface area contributed by atoms with E-state index in [0.29, 0.717) is 10.5 Å². The Kier molecular flexibility index (Phi) is 5.43. The summed E-state index contributed by atoms with van der Waals surface area (Å²) in [5.74, 6) is -4.80. The molecule has 0 bridgehead atoms. The minimum atomic E-state index is -5.72. The molecule has 3 rings (SSSR count). The maximum absolute atomic E-state index is 13.4. The zero-order chi connectivity index (χ0) is 22.3. The zero-order valence-electron chi connectivity index (χ0n) is 15.7. The van der Waals surface area contributed by atoms with Gasteiger partial charge in [-0.15, -0.1) is 0 Å². The quantitative estimate of drug-likeness (QED) is 0.580. The fourth-order valence-corrected chi connectivity index (χ4v) is 3.72. The van der Waals surface area contributed by atoms with E-state index in [4.69, 9.17) is 0 Å². The minimum Gasteiger partial charge on any atom is -0.373 e. The third-order valence-electron chi connectivity index (χ3n) is 4.36. The Morgan fingerprint density at radius 3 is 2.43 bits per heavy atom. The Hall–Kier alpha value is -2.83. The smallest absolute Gasteiger partial charge is 0.373 e. The van der Waals surface area contributed by atoms with Crippen molar-refractivity contribution in [3.63, 3.8) is 0 Å². The van der Waals surface area contributed by atoms with Gasteiger partial charge in [0.1, 0.15) is 18.1 Å². The molecule has 0 saturated heterocycles. The van der Waals surface area contributed by atoms with Gasteiger partial charge in [0.15, 0.2) is 9.84 Å². The highest BCUT2D eigenvalue weighted by Crippen LogP contribution is 2.37. The van der Waals surface area contributed by atoms with Gasteiger partial charge in [0.05, 0.1) is 34.3 Å². The van der Waals surface area contributed by atoms with Gasteiger partial charge in [-0.25, -0.2) is 13.4 Å². The number of pyridine rings is 2. The lowest BCUT2D eigenvalue weighted by molar-refractivity contribution is -0.287. The third kappa shape index (κ3) is 3.93. The van der Waals surface area contributed by atoms with Crippen LogP contribution in [0.25, 0.3) is 22.3 Å². The molecule has 0 spiro atoms. The first-order valence-electron chi connectivity index (χ1n) is 8.57. The van der Waals surface area contributed by atoms with Gasteiger partial charge in [-0.1, -0.05) is 6.92 Å². The third-order valence-corrected chi connectivity index (χ3v) is 6.12. The number of hydrogen-bond donors (Lipinski definition) is 1. The summed E-state index contributed by atoms with van der Waals surface area (Å²) in [7, 11) is -2.08. The molecule has 3 aromatic rings. The molecule has 0 atom stereocenters. The minimum absolute atomic E-state index is 0.0268. The molecule has 0 aliphatic heterocycles. The summed E-state index contributed by atoms with van der Waals surface area (Å²) in [4.78, 5) is 8.20. The van der Waals surface area contributed by atoms with E-state index in [9.17, 15) is 30.4 Å². The van der Waals surface area contributed by atoms with Gasteiger partial charge >= 0.3 is 12.1 Å². The van der Waals surface area contributed by atoms with Crippen LogP contribution >= 0.6 is 0 Å². The van der Waals surface area contributed by atoms with Gasteiger partial charge in [-0.3, -0.25) is 9.67 Å². The summed E-state index contributed by atoms with van der Waals surface area (Å²) in [6.07, 6.45) is -3.57. The monoisotopic (exact) mass is 449 g/mol. The summed E-state index contributed by atoms with van der Waals surface area (Å²) in [6.45, 7) is -0.240. The highest BCUT2D eigenvalue weighted by molar-refractivity contribution is 7.91. The van der Waals surface area contributed by atoms with Gasteiger partial charge in [0.25, 0.3) is 0 Å². The number of halogens is 5. The van der Waals surface area contributed by atoms with Crippen LogP contribution in [0.2, 0.25) is 0 Å². The van der Waals surface area contributed by atoms with Crippen LogP contribution in [0.15, 0.2) is 35.5 Å². The number of fused-ring (bicyclic) bond motifs is 1. The SMILES string of the molecule is CCS(=O)(=O)c1ccc(NC)nc1-c1cc2cnn(CC(F)(F)C(F)(F)F)c2cn1. The second kappa shape index (κ2) is 7.45. The van der Waals surface area contributed by atoms with E-state index in [-0.39, 0.29) is 32.9 Å². The summed E-state index contributed by atoms with van der Waals surface area (Å²) >= 11 is 0. The van der Waals surface area contributed by atoms with Crippen molar-refractivity contribution >= 4 is 26.6 Å². The van der Waals surface area contributed by atoms with E-state index in [1.807, 2.05) is 0 Å². The summed E-state index contributed by atoms with van der Waals surface area (Å²) in [6, 6.07) is 4.18. The first-order chi connectivity index (χ1) is 13.9. The van der Waals surface area contributed by atoms with Crippen LogP contribution < -0.4 is 5.32 Å². The van der Waals surface area contributed by atoms with Gasteiger partial charge in [0.2, 0.25) is 0 Å². The van der Waals surface area contributed by atoms with Crippen molar-refractivity contribution in [3.05, 3.63) is 30.6 Å². The second-order valence-electron chi connectivity index (χ2n) is 6.33. The number of hydrogen-bond acceptors (Lipinski definition) is 6. The van der Waals surface area contributed by atoms with Crippen molar-refractivity contribution in [1.82, 2.24) is 19.7 Å². The Morgan fingerprint density at radius 2 is 1.83 bits per heavy atom. The molecule has 0 radical (unpaired) electrons. The average molecular weight is 449 g/mol. The number of anilines is 1. The molecule has 13 heteroatoms. The Balaban J connectivity index is 2.10. The highest BCUT2D eigenvalue weighted by Gasteiger charge is 2.57. The summed E-state index contributed by atoms with van der Waals surface area (Å²) in [5.41, 5.74) is 0.0695. The fraction of sp³-hybridized carbons (Fsp3) is 0.353. The number of nitrogens with zero attached hydrogens (tertiary/aromatic N) is 4. The lowest BCUT2D eigenvalue weighted by atomic mass is 10.2. The zero-order valence-corrected chi connectivity index (χ0v) is 16.5. The van der Waals surface area contributed by atoms with E-state index >= 15 is 0 Å². The van der Waals surface area contributed by atoms with Crippen LogP contribution in [0, 0.1) is 0 Å². The largest absolute Gasteiger partial charge is 0.455 e. The van der Waals surface area contributed by atoms with Crippen LogP contribution in [-0.2, 0) is 16.4 Å². The van der Waals surface area contributed by atoms with Crippen molar-refractivity contribution in [3.8, 4) is 11.4 Å². The summed E-state index contributed by atoms with van der Waals surface area (Å²) < 4.78 is 89.6. The molecule has 0 aliphatic rings. The molecule has 0 unspecified atom stereocenters. The lowest BCUT2D eigenvalue weighted by Crippen LogP contribution is -2.40. The molecule has 0 saturated carbocycles. The maximum atomic E-state index is 13.4. The first-order valence-corrected chi connectivity index (χ1v) is 10.2. The lowest BCUT2D eigenvalue weighted by Gasteiger charge is -2.19. The standard InChI is InChI=1S/C17H16F5N5O2S/c1-3-30(28,29)13-4-5-14(23-2)26-15(13)11-6-10-7-25-27(12(10)8-24-11)9-16(18,19)17(20,21)22/h4-8H,3,9H2,1-2H3,(H,23,26). The number of aromatic nitrogens is 4. The second-order valence-corrected chi connectivity index (χ2v) is 8.58. The van der Waals surface area contributed by atoms with Gasteiger partial charge in [-0.2, -0.15) is 27.1 Å². The van der Waals surface area contributed by atoms with Crippen molar-refractivity contribution in [2.75, 3.05) is 18.1 Å². The van der Waals surface area contributed by atoms with Gasteiger partial charge in [-0.05, 0) is 18.2 Å². The molecule has 0 fully saturated rings. The number of nitrogens with one attached hydrogen (secondary N) is 1. The van der Waals surface area contributed by atoms with Crippen LogP contribution in [0.5, 0.6) is 0 Å². The normalized spacial score (nSPS) is 13.0. The Bertz CT molecular complexity index is 1190. The van der Waals surface area contributed by atoms with Crippen molar-refractivity contribution in [2.45, 2.75) is 30.5 Å². The summed E-state index contributed by atoms with van der Waals surface area (Å²) in [5, 5.41) is 6.57. The Labute approximate surface area is 167 Å². The van der Waals surface area contributed by atoms with E-state index in [1.165, 1.54) is 25.1 Å². The number of rotatable bonds is 6. The van der Waals surface area contributed by atoms with Crippen LogP contribution in [0.3, 0.4) is 0 Å². The maximum Gasteiger partial charge on any atom is 0.455 e. The van der Waals surface area contributed by atoms with Crippen LogP contribution in [-0.4, -0.2) is 53.1 Å². The van der Waals surface area contributed by atoms with Crippen LogP contribution in [0.4, 0.5) is 27.8 Å². The molecule has 1 N–H and O–H groups in total. The molecule has 3 heterocycles. The van der Waals surface area contributed by atoms with Crippen LogP contribution in [0.1, 0.15) is 6.92 Å². The van der Waals surface area contributed by atoms with Crippen molar-refractivity contribution < 1.29 is 30.4 Å². The molecule has 7 nitrogen and oxygen atoms in total. The molecule has 0 amide bonds. The predicted octanol–water partition coefficient (Wildman–Crippen LogP) is 3.53.